The van der Waals surface area contributed by atoms with Crippen LogP contribution >= 0.6 is 0 Å². The average molecular weight is 313 g/mol. The third kappa shape index (κ3) is 8.33. The van der Waals surface area contributed by atoms with Crippen LogP contribution in [0.15, 0.2) is 12.2 Å². The molecule has 0 aromatic carbocycles. The van der Waals surface area contributed by atoms with E-state index in [0.29, 0.717) is 5.92 Å². The normalized spacial score (nSPS) is 19.0. The largest absolute Gasteiger partial charge is 0.393 e. The zero-order valence-corrected chi connectivity index (χ0v) is 15.6. The van der Waals surface area contributed by atoms with Crippen molar-refractivity contribution in [3.8, 4) is 0 Å². The van der Waals surface area contributed by atoms with Crippen LogP contribution in [0.2, 0.25) is 0 Å². The first-order valence-electron chi connectivity index (χ1n) is 9.52. The second-order valence-electron chi connectivity index (χ2n) is 6.92. The van der Waals surface area contributed by atoms with Crippen molar-refractivity contribution in [3.63, 3.8) is 0 Å². The Morgan fingerprint density at radius 2 is 1.41 bits per heavy atom. The number of allylic oxidation sites excluding steroid dienone is 2. The minimum Gasteiger partial charge on any atom is -0.393 e. The Labute approximate surface area is 139 Å². The molecule has 0 aromatic rings. The Morgan fingerprint density at radius 3 is 1.91 bits per heavy atom. The summed E-state index contributed by atoms with van der Waals surface area (Å²) in [6.07, 6.45) is 12.7. The summed E-state index contributed by atoms with van der Waals surface area (Å²) in [5.41, 5.74) is 0. The lowest BCUT2D eigenvalue weighted by atomic mass is 9.76. The van der Waals surface area contributed by atoms with Crippen molar-refractivity contribution in [2.24, 2.45) is 17.8 Å². The van der Waals surface area contributed by atoms with Crippen LogP contribution in [0.3, 0.4) is 0 Å². The summed E-state index contributed by atoms with van der Waals surface area (Å²) in [7, 11) is 0. The van der Waals surface area contributed by atoms with Crippen molar-refractivity contribution in [3.05, 3.63) is 12.2 Å². The molecule has 5 atom stereocenters. The van der Waals surface area contributed by atoms with E-state index in [-0.39, 0.29) is 11.8 Å². The molecule has 0 radical (unpaired) electrons. The third-order valence-corrected chi connectivity index (χ3v) is 4.83. The highest BCUT2D eigenvalue weighted by Crippen LogP contribution is 2.31. The van der Waals surface area contributed by atoms with Crippen molar-refractivity contribution in [2.75, 3.05) is 0 Å². The lowest BCUT2D eigenvalue weighted by molar-refractivity contribution is -0.0274. The maximum atomic E-state index is 10.8. The summed E-state index contributed by atoms with van der Waals surface area (Å²) >= 11 is 0. The molecule has 0 heterocycles. The van der Waals surface area contributed by atoms with Gasteiger partial charge in [-0.15, -0.1) is 0 Å². The monoisotopic (exact) mass is 312 g/mol. The van der Waals surface area contributed by atoms with Gasteiger partial charge < -0.3 is 10.2 Å². The Balaban J connectivity index is 4.71. The fourth-order valence-corrected chi connectivity index (χ4v) is 3.39. The van der Waals surface area contributed by atoms with E-state index in [2.05, 4.69) is 39.8 Å². The Kier molecular flexibility index (Phi) is 12.9. The predicted molar refractivity (Wildman–Crippen MR) is 96.9 cm³/mol. The fourth-order valence-electron chi connectivity index (χ4n) is 3.39. The molecule has 0 rings (SSSR count). The summed E-state index contributed by atoms with van der Waals surface area (Å²) in [5, 5.41) is 20.8. The number of hydrogen-bond donors (Lipinski definition) is 2. The van der Waals surface area contributed by atoms with Crippen LogP contribution in [0.1, 0.15) is 86.0 Å². The molecule has 0 aliphatic carbocycles. The number of rotatable bonds is 13. The Hall–Kier alpha value is -0.340. The Bertz CT molecular complexity index is 273. The minimum absolute atomic E-state index is 0.00232. The lowest BCUT2D eigenvalue weighted by Crippen LogP contribution is -2.38. The molecular weight excluding hydrogens is 272 g/mol. The minimum atomic E-state index is -0.435. The molecule has 0 saturated heterocycles. The summed E-state index contributed by atoms with van der Waals surface area (Å²) in [6, 6.07) is 0. The van der Waals surface area contributed by atoms with E-state index in [0.717, 1.165) is 32.1 Å². The van der Waals surface area contributed by atoms with Crippen molar-refractivity contribution < 1.29 is 10.2 Å². The van der Waals surface area contributed by atoms with Crippen LogP contribution in [-0.2, 0) is 0 Å². The van der Waals surface area contributed by atoms with Gasteiger partial charge >= 0.3 is 0 Å². The summed E-state index contributed by atoms with van der Waals surface area (Å²) in [6.45, 7) is 10.6. The van der Waals surface area contributed by atoms with Crippen LogP contribution < -0.4 is 0 Å². The topological polar surface area (TPSA) is 40.5 Å². The molecule has 2 heteroatoms. The van der Waals surface area contributed by atoms with Gasteiger partial charge in [0.2, 0.25) is 0 Å². The van der Waals surface area contributed by atoms with Crippen LogP contribution in [0.4, 0.5) is 0 Å². The molecule has 2 nitrogen and oxygen atoms in total. The summed E-state index contributed by atoms with van der Waals surface area (Å²) in [4.78, 5) is 0. The molecule has 5 unspecified atom stereocenters. The number of unbranched alkanes of at least 4 members (excludes halogenated alkanes) is 3. The Morgan fingerprint density at radius 1 is 0.818 bits per heavy atom. The number of aliphatic hydroxyl groups excluding tert-OH is 2. The van der Waals surface area contributed by atoms with E-state index in [1.54, 1.807) is 0 Å². The van der Waals surface area contributed by atoms with Gasteiger partial charge in [0.25, 0.3) is 0 Å². The van der Waals surface area contributed by atoms with E-state index in [4.69, 9.17) is 0 Å². The lowest BCUT2D eigenvalue weighted by Gasteiger charge is -2.34. The predicted octanol–water partition coefficient (Wildman–Crippen LogP) is 5.33. The molecule has 0 aliphatic rings. The highest BCUT2D eigenvalue weighted by atomic mass is 16.3. The zero-order valence-electron chi connectivity index (χ0n) is 15.6. The van der Waals surface area contributed by atoms with Gasteiger partial charge in [-0.1, -0.05) is 65.5 Å². The van der Waals surface area contributed by atoms with E-state index in [9.17, 15) is 10.2 Å². The quantitative estimate of drug-likeness (QED) is 0.356. The molecular formula is C20H40O2. The molecule has 0 amide bonds. The molecule has 22 heavy (non-hydrogen) atoms. The summed E-state index contributed by atoms with van der Waals surface area (Å²) in [5.74, 6) is 0.616. The van der Waals surface area contributed by atoms with Gasteiger partial charge in [-0.2, -0.15) is 0 Å². The molecule has 0 aromatic heterocycles. The maximum Gasteiger partial charge on any atom is 0.0626 e. The average Bonchev–Trinajstić information content (AvgIpc) is 2.48. The maximum absolute atomic E-state index is 10.8. The van der Waals surface area contributed by atoms with Gasteiger partial charge in [0.15, 0.2) is 0 Å². The highest BCUT2D eigenvalue weighted by molar-refractivity contribution is 4.93. The van der Waals surface area contributed by atoms with Crippen molar-refractivity contribution in [2.45, 2.75) is 98.2 Å². The van der Waals surface area contributed by atoms with Crippen LogP contribution in [-0.4, -0.2) is 22.4 Å². The highest BCUT2D eigenvalue weighted by Gasteiger charge is 2.32. The van der Waals surface area contributed by atoms with E-state index >= 15 is 0 Å². The molecule has 0 spiro atoms. The van der Waals surface area contributed by atoms with Crippen molar-refractivity contribution >= 4 is 0 Å². The van der Waals surface area contributed by atoms with Gasteiger partial charge in [-0.3, -0.25) is 0 Å². The molecule has 0 fully saturated rings. The fraction of sp³-hybridized carbons (Fsp3) is 0.900. The van der Waals surface area contributed by atoms with Gasteiger partial charge in [0, 0.05) is 5.92 Å². The van der Waals surface area contributed by atoms with Crippen LogP contribution in [0.25, 0.3) is 0 Å². The van der Waals surface area contributed by atoms with Crippen molar-refractivity contribution in [1.82, 2.24) is 0 Å². The SMILES string of the molecule is CCCCCC=CC(C)C(CCC)C(O)C(CCC)C(C)O. The second-order valence-corrected chi connectivity index (χ2v) is 6.92. The number of hydrogen-bond acceptors (Lipinski definition) is 2. The van der Waals surface area contributed by atoms with Gasteiger partial charge in [-0.05, 0) is 44.4 Å². The second kappa shape index (κ2) is 13.1. The molecule has 0 saturated carbocycles. The number of aliphatic hydroxyl groups is 2. The van der Waals surface area contributed by atoms with Crippen LogP contribution in [0, 0.1) is 17.8 Å². The molecule has 2 N–H and O–H groups in total. The summed E-state index contributed by atoms with van der Waals surface area (Å²) < 4.78 is 0. The van der Waals surface area contributed by atoms with Gasteiger partial charge in [0.1, 0.15) is 0 Å². The molecule has 0 aliphatic heterocycles. The van der Waals surface area contributed by atoms with E-state index in [1.165, 1.54) is 19.3 Å². The first-order valence-corrected chi connectivity index (χ1v) is 9.52. The smallest absolute Gasteiger partial charge is 0.0626 e. The third-order valence-electron chi connectivity index (χ3n) is 4.83. The van der Waals surface area contributed by atoms with Gasteiger partial charge in [-0.25, -0.2) is 0 Å². The first kappa shape index (κ1) is 21.7. The molecule has 132 valence electrons. The standard InChI is InChI=1S/C20H40O2/c1-6-9-10-11-12-15-16(4)18(13-7-2)20(22)19(14-8-3)17(5)21/h12,15-22H,6-11,13-14H2,1-5H3. The van der Waals surface area contributed by atoms with Crippen molar-refractivity contribution in [1.29, 1.82) is 0 Å². The van der Waals surface area contributed by atoms with Gasteiger partial charge in [0.05, 0.1) is 12.2 Å². The van der Waals surface area contributed by atoms with E-state index in [1.807, 2.05) is 6.92 Å². The molecule has 0 bridgehead atoms. The first-order chi connectivity index (χ1) is 10.5. The van der Waals surface area contributed by atoms with Crippen LogP contribution in [0.5, 0.6) is 0 Å². The zero-order chi connectivity index (χ0) is 17.0. The van der Waals surface area contributed by atoms with E-state index < -0.39 is 12.2 Å².